The molecule has 0 atom stereocenters. The van der Waals surface area contributed by atoms with Gasteiger partial charge in [-0.2, -0.15) is 5.10 Å². The van der Waals surface area contributed by atoms with Crippen molar-refractivity contribution in [2.45, 2.75) is 0 Å². The lowest BCUT2D eigenvalue weighted by Crippen LogP contribution is -2.52. The second kappa shape index (κ2) is 9.23. The van der Waals surface area contributed by atoms with Crippen LogP contribution in [0.2, 0.25) is 0 Å². The molecule has 4 rings (SSSR count). The topological polar surface area (TPSA) is 96.8 Å². The van der Waals surface area contributed by atoms with Gasteiger partial charge >= 0.3 is 17.1 Å². The van der Waals surface area contributed by atoms with Crippen LogP contribution in [-0.2, 0) is 0 Å². The Hall–Kier alpha value is -4.66. The third-order valence-electron chi connectivity index (χ3n) is 4.91. The van der Waals surface area contributed by atoms with Crippen molar-refractivity contribution < 1.29 is 9.47 Å². The molecule has 0 unspecified atom stereocenters. The number of hydrogen-bond acceptors (Lipinski definition) is 6. The standard InChI is InChI=1S/C24H20N4O5/c1-32-20-12-8-18(9-13-20)26-22(29)27(19-10-14-21(33-2)15-11-19)24(31)28(23(26)30)25-16-17-6-4-3-5-7-17/h3-16H,1-2H3/b25-16+. The van der Waals surface area contributed by atoms with Gasteiger partial charge in [0.1, 0.15) is 11.5 Å². The van der Waals surface area contributed by atoms with E-state index in [2.05, 4.69) is 5.10 Å². The Morgan fingerprint density at radius 1 is 0.636 bits per heavy atom. The number of aromatic nitrogens is 3. The van der Waals surface area contributed by atoms with E-state index in [1.54, 1.807) is 72.8 Å². The summed E-state index contributed by atoms with van der Waals surface area (Å²) in [6.45, 7) is 0. The van der Waals surface area contributed by atoms with E-state index < -0.39 is 17.1 Å². The molecule has 9 heteroatoms. The zero-order valence-corrected chi connectivity index (χ0v) is 17.9. The van der Waals surface area contributed by atoms with E-state index in [1.807, 2.05) is 6.07 Å². The van der Waals surface area contributed by atoms with Gasteiger partial charge in [0.25, 0.3) is 0 Å². The second-order valence-corrected chi connectivity index (χ2v) is 6.88. The smallest absolute Gasteiger partial charge is 0.362 e. The van der Waals surface area contributed by atoms with Crippen LogP contribution in [0, 0.1) is 0 Å². The van der Waals surface area contributed by atoms with Gasteiger partial charge < -0.3 is 9.47 Å². The van der Waals surface area contributed by atoms with E-state index in [-0.39, 0.29) is 11.4 Å². The summed E-state index contributed by atoms with van der Waals surface area (Å²) in [5, 5.41) is 4.09. The molecule has 0 amide bonds. The first kappa shape index (κ1) is 21.6. The summed E-state index contributed by atoms with van der Waals surface area (Å²) >= 11 is 0. The summed E-state index contributed by atoms with van der Waals surface area (Å²) in [4.78, 5) is 39.8. The summed E-state index contributed by atoms with van der Waals surface area (Å²) in [5.41, 5.74) is -1.42. The van der Waals surface area contributed by atoms with E-state index in [4.69, 9.17) is 9.47 Å². The fraction of sp³-hybridized carbons (Fsp3) is 0.0833. The molecule has 1 aromatic heterocycles. The molecule has 1 heterocycles. The quantitative estimate of drug-likeness (QED) is 0.424. The maximum Gasteiger partial charge on any atom is 0.362 e. The predicted octanol–water partition coefficient (Wildman–Crippen LogP) is 2.05. The Morgan fingerprint density at radius 3 is 1.52 bits per heavy atom. The molecular weight excluding hydrogens is 424 g/mol. The third kappa shape index (κ3) is 4.24. The Kier molecular flexibility index (Phi) is 6.03. The van der Waals surface area contributed by atoms with Crippen molar-refractivity contribution >= 4 is 6.21 Å². The van der Waals surface area contributed by atoms with Crippen LogP contribution in [-0.4, -0.2) is 34.2 Å². The van der Waals surface area contributed by atoms with Gasteiger partial charge in [0.15, 0.2) is 0 Å². The average Bonchev–Trinajstić information content (AvgIpc) is 2.85. The molecule has 0 spiro atoms. The predicted molar refractivity (Wildman–Crippen MR) is 124 cm³/mol. The maximum absolute atomic E-state index is 13.3. The van der Waals surface area contributed by atoms with E-state index in [0.717, 1.165) is 9.13 Å². The number of hydrogen-bond donors (Lipinski definition) is 0. The highest BCUT2D eigenvalue weighted by Gasteiger charge is 2.18. The molecule has 0 aliphatic rings. The van der Waals surface area contributed by atoms with E-state index >= 15 is 0 Å². The highest BCUT2D eigenvalue weighted by atomic mass is 16.5. The largest absolute Gasteiger partial charge is 0.497 e. The normalized spacial score (nSPS) is 11.0. The molecule has 4 aromatic rings. The van der Waals surface area contributed by atoms with Crippen molar-refractivity contribution in [3.05, 3.63) is 116 Å². The van der Waals surface area contributed by atoms with Crippen LogP contribution < -0.4 is 26.5 Å². The van der Waals surface area contributed by atoms with Gasteiger partial charge in [0, 0.05) is 0 Å². The summed E-state index contributed by atoms with van der Waals surface area (Å²) in [6, 6.07) is 21.6. The summed E-state index contributed by atoms with van der Waals surface area (Å²) in [6.07, 6.45) is 1.38. The van der Waals surface area contributed by atoms with Crippen molar-refractivity contribution in [1.82, 2.24) is 13.8 Å². The minimum Gasteiger partial charge on any atom is -0.497 e. The lowest BCUT2D eigenvalue weighted by Gasteiger charge is -2.12. The number of benzene rings is 3. The highest BCUT2D eigenvalue weighted by Crippen LogP contribution is 2.14. The van der Waals surface area contributed by atoms with Gasteiger partial charge in [0.2, 0.25) is 0 Å². The zero-order valence-electron chi connectivity index (χ0n) is 17.9. The molecule has 0 fully saturated rings. The Bertz CT molecular complexity index is 1380. The first-order valence-electron chi connectivity index (χ1n) is 9.93. The number of rotatable bonds is 6. The monoisotopic (exact) mass is 444 g/mol. The molecule has 33 heavy (non-hydrogen) atoms. The number of methoxy groups -OCH3 is 2. The van der Waals surface area contributed by atoms with Crippen molar-refractivity contribution in [3.8, 4) is 22.9 Å². The molecule has 0 aliphatic carbocycles. The lowest BCUT2D eigenvalue weighted by atomic mass is 10.2. The first-order chi connectivity index (χ1) is 16.0. The molecule has 166 valence electrons. The number of ether oxygens (including phenoxy) is 2. The first-order valence-corrected chi connectivity index (χ1v) is 9.93. The molecule has 3 aromatic carbocycles. The molecule has 9 nitrogen and oxygen atoms in total. The summed E-state index contributed by atoms with van der Waals surface area (Å²) in [7, 11) is 3.02. The Balaban J connectivity index is 1.99. The van der Waals surface area contributed by atoms with Crippen LogP contribution in [0.15, 0.2) is 98.3 Å². The molecule has 0 saturated heterocycles. The highest BCUT2D eigenvalue weighted by molar-refractivity contribution is 5.79. The fourth-order valence-corrected chi connectivity index (χ4v) is 3.20. The SMILES string of the molecule is COc1ccc(-n2c(=O)n(/N=C/c3ccccc3)c(=O)n(-c3ccc(OC)cc3)c2=O)cc1. The van der Waals surface area contributed by atoms with E-state index in [1.165, 1.54) is 20.4 Å². The van der Waals surface area contributed by atoms with Crippen LogP contribution in [0.25, 0.3) is 11.4 Å². The fourth-order valence-electron chi connectivity index (χ4n) is 3.20. The summed E-state index contributed by atoms with van der Waals surface area (Å²) < 4.78 is 12.7. The Morgan fingerprint density at radius 2 is 1.09 bits per heavy atom. The van der Waals surface area contributed by atoms with Gasteiger partial charge in [0.05, 0.1) is 31.8 Å². The van der Waals surface area contributed by atoms with Crippen molar-refractivity contribution in [1.29, 1.82) is 0 Å². The average molecular weight is 444 g/mol. The third-order valence-corrected chi connectivity index (χ3v) is 4.91. The molecule has 0 radical (unpaired) electrons. The molecule has 0 N–H and O–H groups in total. The molecular formula is C24H20N4O5. The van der Waals surface area contributed by atoms with E-state index in [0.29, 0.717) is 21.7 Å². The molecule has 0 bridgehead atoms. The van der Waals surface area contributed by atoms with Crippen LogP contribution in [0.1, 0.15) is 5.56 Å². The minimum absolute atomic E-state index is 0.261. The van der Waals surface area contributed by atoms with Crippen LogP contribution in [0.4, 0.5) is 0 Å². The van der Waals surface area contributed by atoms with Crippen LogP contribution in [0.3, 0.4) is 0 Å². The van der Waals surface area contributed by atoms with Crippen molar-refractivity contribution in [3.63, 3.8) is 0 Å². The molecule has 0 saturated carbocycles. The van der Waals surface area contributed by atoms with E-state index in [9.17, 15) is 14.4 Å². The summed E-state index contributed by atoms with van der Waals surface area (Å²) in [5.74, 6) is 1.11. The van der Waals surface area contributed by atoms with Crippen molar-refractivity contribution in [2.75, 3.05) is 14.2 Å². The second-order valence-electron chi connectivity index (χ2n) is 6.88. The van der Waals surface area contributed by atoms with Gasteiger partial charge in [-0.15, -0.1) is 4.68 Å². The van der Waals surface area contributed by atoms with Gasteiger partial charge in [-0.05, 0) is 54.1 Å². The number of nitrogens with zero attached hydrogens (tertiary/aromatic N) is 4. The van der Waals surface area contributed by atoms with Crippen molar-refractivity contribution in [2.24, 2.45) is 5.10 Å². The lowest BCUT2D eigenvalue weighted by molar-refractivity contribution is 0.414. The van der Waals surface area contributed by atoms with Crippen LogP contribution >= 0.6 is 0 Å². The van der Waals surface area contributed by atoms with Gasteiger partial charge in [-0.1, -0.05) is 30.3 Å². The zero-order chi connectivity index (χ0) is 23.4. The van der Waals surface area contributed by atoms with Crippen LogP contribution in [0.5, 0.6) is 11.5 Å². The van der Waals surface area contributed by atoms with Gasteiger partial charge in [-0.25, -0.2) is 23.5 Å². The molecule has 0 aliphatic heterocycles. The van der Waals surface area contributed by atoms with Gasteiger partial charge in [-0.3, -0.25) is 0 Å². The minimum atomic E-state index is -0.896. The Labute approximate surface area is 188 Å². The maximum atomic E-state index is 13.3.